The molecule has 5 aromatic rings. The minimum absolute atomic E-state index is 0.0619. The number of nitrogens with zero attached hydrogens (tertiary/aromatic N) is 2. The van der Waals surface area contributed by atoms with E-state index in [9.17, 15) is 13.2 Å². The van der Waals surface area contributed by atoms with Crippen LogP contribution >= 0.6 is 11.3 Å². The highest BCUT2D eigenvalue weighted by Gasteiger charge is 2.37. The van der Waals surface area contributed by atoms with Gasteiger partial charge in [0.2, 0.25) is 5.82 Å². The molecular weight excluding hydrogens is 399 g/mol. The van der Waals surface area contributed by atoms with Gasteiger partial charge in [0.05, 0.1) is 4.88 Å². The molecule has 0 unspecified atom stereocenters. The van der Waals surface area contributed by atoms with Crippen LogP contribution in [0.15, 0.2) is 71.4 Å². The van der Waals surface area contributed by atoms with Gasteiger partial charge in [0, 0.05) is 28.2 Å². The first kappa shape index (κ1) is 17.7. The van der Waals surface area contributed by atoms with Crippen molar-refractivity contribution in [2.75, 3.05) is 0 Å². The highest BCUT2D eigenvalue weighted by atomic mass is 32.1. The first-order chi connectivity index (χ1) is 14.0. The molecule has 0 saturated carbocycles. The van der Waals surface area contributed by atoms with Gasteiger partial charge in [-0.1, -0.05) is 35.5 Å². The lowest BCUT2D eigenvalue weighted by molar-refractivity contribution is -0.133. The van der Waals surface area contributed by atoms with Crippen molar-refractivity contribution in [1.82, 2.24) is 15.1 Å². The zero-order valence-corrected chi connectivity index (χ0v) is 15.5. The molecule has 8 heteroatoms. The lowest BCUT2D eigenvalue weighted by Gasteiger charge is -2.07. The van der Waals surface area contributed by atoms with Gasteiger partial charge in [-0.25, -0.2) is 0 Å². The molecule has 0 saturated heterocycles. The maximum absolute atomic E-state index is 13.6. The minimum atomic E-state index is -4.48. The van der Waals surface area contributed by atoms with Gasteiger partial charge >= 0.3 is 6.18 Å². The second-order valence-electron chi connectivity index (χ2n) is 6.42. The predicted octanol–water partition coefficient (Wildman–Crippen LogP) is 6.63. The van der Waals surface area contributed by atoms with Crippen molar-refractivity contribution in [3.05, 3.63) is 71.7 Å². The molecule has 0 atom stereocenters. The number of thiophene rings is 1. The normalized spacial score (nSPS) is 12.0. The Morgan fingerprint density at radius 1 is 0.931 bits per heavy atom. The van der Waals surface area contributed by atoms with E-state index in [1.54, 1.807) is 30.3 Å². The van der Waals surface area contributed by atoms with Gasteiger partial charge in [-0.15, -0.1) is 11.3 Å². The molecule has 0 aliphatic rings. The van der Waals surface area contributed by atoms with Crippen LogP contribution in [0.1, 0.15) is 4.88 Å². The summed E-state index contributed by atoms with van der Waals surface area (Å²) in [6.07, 6.45) is -2.65. The Bertz CT molecular complexity index is 1300. The van der Waals surface area contributed by atoms with Crippen LogP contribution in [0.3, 0.4) is 0 Å². The highest BCUT2D eigenvalue weighted by Crippen LogP contribution is 2.45. The fourth-order valence-electron chi connectivity index (χ4n) is 3.17. The number of hydrogen-bond donors (Lipinski definition) is 1. The third kappa shape index (κ3) is 3.21. The first-order valence-electron chi connectivity index (χ1n) is 8.67. The van der Waals surface area contributed by atoms with E-state index in [0.717, 1.165) is 16.5 Å². The van der Waals surface area contributed by atoms with Crippen LogP contribution in [0.4, 0.5) is 13.2 Å². The van der Waals surface area contributed by atoms with E-state index < -0.39 is 11.1 Å². The van der Waals surface area contributed by atoms with Crippen molar-refractivity contribution in [2.45, 2.75) is 6.18 Å². The summed E-state index contributed by atoms with van der Waals surface area (Å²) in [5.41, 5.74) is 2.28. The number of hydrogen-bond acceptors (Lipinski definition) is 4. The number of nitrogens with one attached hydrogen (secondary N) is 1. The summed E-state index contributed by atoms with van der Waals surface area (Å²) in [5.74, 6) is 0.387. The maximum Gasteiger partial charge on any atom is 0.426 e. The van der Waals surface area contributed by atoms with E-state index >= 15 is 0 Å². The Balaban J connectivity index is 1.57. The van der Waals surface area contributed by atoms with Crippen LogP contribution in [0, 0.1) is 0 Å². The lowest BCUT2D eigenvalue weighted by Crippen LogP contribution is -2.03. The van der Waals surface area contributed by atoms with Gasteiger partial charge in [0.1, 0.15) is 4.88 Å². The number of aromatic amines is 1. The molecule has 0 spiro atoms. The molecule has 5 rings (SSSR count). The number of halogens is 3. The average Bonchev–Trinajstić information content (AvgIpc) is 3.45. The van der Waals surface area contributed by atoms with E-state index in [0.29, 0.717) is 22.7 Å². The summed E-state index contributed by atoms with van der Waals surface area (Å²) in [4.78, 5) is 7.01. The zero-order valence-electron chi connectivity index (χ0n) is 14.7. The number of aromatic nitrogens is 3. The molecule has 3 aromatic heterocycles. The van der Waals surface area contributed by atoms with E-state index in [1.165, 1.54) is 6.07 Å². The van der Waals surface area contributed by atoms with Crippen LogP contribution in [0.5, 0.6) is 0 Å². The summed E-state index contributed by atoms with van der Waals surface area (Å²) >= 11 is 0.601. The van der Waals surface area contributed by atoms with Crippen LogP contribution < -0.4 is 0 Å². The average molecular weight is 411 g/mol. The second-order valence-corrected chi connectivity index (χ2v) is 7.47. The summed E-state index contributed by atoms with van der Waals surface area (Å²) in [6, 6.07) is 17.4. The van der Waals surface area contributed by atoms with Gasteiger partial charge in [0.15, 0.2) is 0 Å². The fraction of sp³-hybridized carbons (Fsp3) is 0.0476. The Hall–Kier alpha value is -3.39. The molecule has 0 aliphatic carbocycles. The molecule has 3 heterocycles. The molecular formula is C21H12F3N3OS. The Morgan fingerprint density at radius 3 is 2.55 bits per heavy atom. The van der Waals surface area contributed by atoms with Crippen molar-refractivity contribution in [3.8, 4) is 33.3 Å². The van der Waals surface area contributed by atoms with Crippen LogP contribution in [0.25, 0.3) is 44.2 Å². The Labute approximate surface area is 166 Å². The van der Waals surface area contributed by atoms with Gasteiger partial charge < -0.3 is 9.51 Å². The van der Waals surface area contributed by atoms with Crippen LogP contribution in [-0.2, 0) is 6.18 Å². The number of alkyl halides is 3. The molecule has 0 amide bonds. The summed E-state index contributed by atoms with van der Waals surface area (Å²) in [6.45, 7) is 0. The molecule has 0 aliphatic heterocycles. The van der Waals surface area contributed by atoms with E-state index in [4.69, 9.17) is 4.52 Å². The predicted molar refractivity (Wildman–Crippen MR) is 105 cm³/mol. The molecule has 0 radical (unpaired) electrons. The molecule has 2 aromatic carbocycles. The summed E-state index contributed by atoms with van der Waals surface area (Å²) < 4.78 is 46.1. The fourth-order valence-corrected chi connectivity index (χ4v) is 4.14. The SMILES string of the molecule is FC(F)(F)c1sc(-c2nc(-c3ccc4[nH]ccc4c3)no2)cc1-c1ccccc1. The summed E-state index contributed by atoms with van der Waals surface area (Å²) in [5, 5.41) is 4.94. The monoisotopic (exact) mass is 411 g/mol. The summed E-state index contributed by atoms with van der Waals surface area (Å²) in [7, 11) is 0. The number of benzene rings is 2. The second kappa shape index (κ2) is 6.59. The maximum atomic E-state index is 13.6. The van der Waals surface area contributed by atoms with Gasteiger partial charge in [-0.3, -0.25) is 0 Å². The van der Waals surface area contributed by atoms with Gasteiger partial charge in [0.25, 0.3) is 5.89 Å². The highest BCUT2D eigenvalue weighted by molar-refractivity contribution is 7.16. The van der Waals surface area contributed by atoms with Crippen molar-refractivity contribution >= 4 is 22.2 Å². The van der Waals surface area contributed by atoms with E-state index in [2.05, 4.69) is 15.1 Å². The van der Waals surface area contributed by atoms with Crippen molar-refractivity contribution in [1.29, 1.82) is 0 Å². The molecule has 0 fully saturated rings. The standard InChI is InChI=1S/C21H12F3N3OS/c22-21(23,24)18-15(12-4-2-1-3-5-12)11-17(29-18)20-26-19(27-28-20)14-6-7-16-13(10-14)8-9-25-16/h1-11,25H. The quantitative estimate of drug-likeness (QED) is 0.362. The number of rotatable bonds is 3. The zero-order chi connectivity index (χ0) is 20.0. The van der Waals surface area contributed by atoms with Gasteiger partial charge in [-0.2, -0.15) is 18.2 Å². The van der Waals surface area contributed by atoms with Gasteiger partial charge in [-0.05, 0) is 35.9 Å². The van der Waals surface area contributed by atoms with Crippen LogP contribution in [-0.4, -0.2) is 15.1 Å². The van der Waals surface area contributed by atoms with E-state index in [-0.39, 0.29) is 16.3 Å². The van der Waals surface area contributed by atoms with Crippen molar-refractivity contribution in [2.24, 2.45) is 0 Å². The molecule has 1 N–H and O–H groups in total. The van der Waals surface area contributed by atoms with Crippen molar-refractivity contribution in [3.63, 3.8) is 0 Å². The van der Waals surface area contributed by atoms with E-state index in [1.807, 2.05) is 30.5 Å². The topological polar surface area (TPSA) is 54.7 Å². The molecule has 4 nitrogen and oxygen atoms in total. The largest absolute Gasteiger partial charge is 0.426 e. The third-order valence-electron chi connectivity index (χ3n) is 4.52. The number of fused-ring (bicyclic) bond motifs is 1. The molecule has 0 bridgehead atoms. The molecule has 144 valence electrons. The lowest BCUT2D eigenvalue weighted by atomic mass is 10.1. The third-order valence-corrected chi connectivity index (χ3v) is 5.69. The Morgan fingerprint density at radius 2 is 1.76 bits per heavy atom. The molecule has 29 heavy (non-hydrogen) atoms. The first-order valence-corrected chi connectivity index (χ1v) is 9.49. The smallest absolute Gasteiger partial charge is 0.361 e. The Kier molecular flexibility index (Phi) is 4.02. The minimum Gasteiger partial charge on any atom is -0.361 e. The number of H-pyrrole nitrogens is 1. The van der Waals surface area contributed by atoms with Crippen molar-refractivity contribution < 1.29 is 17.7 Å². The van der Waals surface area contributed by atoms with Crippen LogP contribution in [0.2, 0.25) is 0 Å².